The number of nitrogens with two attached hydrogens (primary N) is 1. The Labute approximate surface area is 101 Å². The van der Waals surface area contributed by atoms with Crippen LogP contribution in [0.5, 0.6) is 0 Å². The molecule has 0 aromatic carbocycles. The Kier molecular flexibility index (Phi) is 4.50. The molecule has 0 fully saturated rings. The maximum absolute atomic E-state index is 11.9. The molecule has 16 heavy (non-hydrogen) atoms. The van der Waals surface area contributed by atoms with Gasteiger partial charge in [0.25, 0.3) is 0 Å². The number of hydrogen-bond donors (Lipinski definition) is 2. The van der Waals surface area contributed by atoms with Gasteiger partial charge in [0.05, 0.1) is 0 Å². The lowest BCUT2D eigenvalue weighted by Crippen LogP contribution is -2.47. The summed E-state index contributed by atoms with van der Waals surface area (Å²) in [5, 5.41) is 4.92. The van der Waals surface area contributed by atoms with Crippen LogP contribution in [0.1, 0.15) is 44.5 Å². The first kappa shape index (κ1) is 13.2. The van der Waals surface area contributed by atoms with Gasteiger partial charge >= 0.3 is 0 Å². The molecular weight excluding hydrogens is 220 g/mol. The largest absolute Gasteiger partial charge is 0.350 e. The SMILES string of the molecule is CCCC(C)(C)NC(=O)C(N)c1cccs1. The van der Waals surface area contributed by atoms with Gasteiger partial charge in [-0.15, -0.1) is 11.3 Å². The van der Waals surface area contributed by atoms with Crippen molar-refractivity contribution in [2.75, 3.05) is 0 Å². The summed E-state index contributed by atoms with van der Waals surface area (Å²) in [7, 11) is 0. The summed E-state index contributed by atoms with van der Waals surface area (Å²) in [6, 6.07) is 3.25. The van der Waals surface area contributed by atoms with E-state index in [1.165, 1.54) is 11.3 Å². The van der Waals surface area contributed by atoms with Crippen LogP contribution in [-0.2, 0) is 4.79 Å². The van der Waals surface area contributed by atoms with Gasteiger partial charge in [0, 0.05) is 10.4 Å². The van der Waals surface area contributed by atoms with Crippen molar-refractivity contribution in [2.45, 2.75) is 45.2 Å². The van der Waals surface area contributed by atoms with Gasteiger partial charge < -0.3 is 11.1 Å². The fourth-order valence-corrected chi connectivity index (χ4v) is 2.42. The molecule has 0 aliphatic carbocycles. The molecule has 0 radical (unpaired) electrons. The van der Waals surface area contributed by atoms with Crippen LogP contribution in [-0.4, -0.2) is 11.4 Å². The third-order valence-corrected chi connectivity index (χ3v) is 3.42. The lowest BCUT2D eigenvalue weighted by atomic mass is 9.98. The molecule has 3 nitrogen and oxygen atoms in total. The zero-order valence-electron chi connectivity index (χ0n) is 10.1. The summed E-state index contributed by atoms with van der Waals surface area (Å²) >= 11 is 1.51. The minimum atomic E-state index is -0.545. The first-order valence-corrected chi connectivity index (χ1v) is 6.45. The predicted octanol–water partition coefficient (Wildman–Crippen LogP) is 2.44. The number of carbonyl (C=O) groups excluding carboxylic acids is 1. The Bertz CT molecular complexity index is 333. The molecule has 1 aromatic rings. The summed E-state index contributed by atoms with van der Waals surface area (Å²) in [4.78, 5) is 12.8. The molecule has 0 saturated heterocycles. The first-order chi connectivity index (χ1) is 7.46. The zero-order chi connectivity index (χ0) is 12.2. The van der Waals surface area contributed by atoms with E-state index in [0.29, 0.717) is 0 Å². The van der Waals surface area contributed by atoms with E-state index in [9.17, 15) is 4.79 Å². The zero-order valence-corrected chi connectivity index (χ0v) is 10.9. The molecule has 0 spiro atoms. The number of rotatable bonds is 5. The van der Waals surface area contributed by atoms with Crippen LogP contribution in [0.3, 0.4) is 0 Å². The molecule has 1 atom stereocenters. The van der Waals surface area contributed by atoms with Crippen LogP contribution >= 0.6 is 11.3 Å². The molecular formula is C12H20N2OS. The van der Waals surface area contributed by atoms with Gasteiger partial charge in [-0.3, -0.25) is 4.79 Å². The minimum absolute atomic E-state index is 0.0964. The van der Waals surface area contributed by atoms with Crippen LogP contribution < -0.4 is 11.1 Å². The number of hydrogen-bond acceptors (Lipinski definition) is 3. The second-order valence-electron chi connectivity index (χ2n) is 4.62. The highest BCUT2D eigenvalue weighted by atomic mass is 32.1. The van der Waals surface area contributed by atoms with Gasteiger partial charge in [-0.1, -0.05) is 19.4 Å². The van der Waals surface area contributed by atoms with Gasteiger partial charge in [0.15, 0.2) is 0 Å². The Morgan fingerprint density at radius 3 is 2.81 bits per heavy atom. The summed E-state index contributed by atoms with van der Waals surface area (Å²) in [6.45, 7) is 6.15. The quantitative estimate of drug-likeness (QED) is 0.830. The van der Waals surface area contributed by atoms with Crippen molar-refractivity contribution in [3.05, 3.63) is 22.4 Å². The first-order valence-electron chi connectivity index (χ1n) is 5.57. The van der Waals surface area contributed by atoms with E-state index in [1.54, 1.807) is 0 Å². The fraction of sp³-hybridized carbons (Fsp3) is 0.583. The monoisotopic (exact) mass is 240 g/mol. The van der Waals surface area contributed by atoms with Gasteiger partial charge in [0.1, 0.15) is 6.04 Å². The Hall–Kier alpha value is -0.870. The van der Waals surface area contributed by atoms with Crippen LogP contribution in [0.4, 0.5) is 0 Å². The summed E-state index contributed by atoms with van der Waals surface area (Å²) in [6.07, 6.45) is 2.00. The van der Waals surface area contributed by atoms with E-state index in [0.717, 1.165) is 17.7 Å². The molecule has 3 N–H and O–H groups in total. The van der Waals surface area contributed by atoms with Crippen LogP contribution in [0.15, 0.2) is 17.5 Å². The van der Waals surface area contributed by atoms with E-state index >= 15 is 0 Å². The number of carbonyl (C=O) groups is 1. The van der Waals surface area contributed by atoms with Gasteiger partial charge in [0.2, 0.25) is 5.91 Å². The Balaban J connectivity index is 2.59. The molecule has 1 heterocycles. The molecule has 0 aliphatic rings. The van der Waals surface area contributed by atoms with Crippen molar-refractivity contribution >= 4 is 17.2 Å². The molecule has 1 aromatic heterocycles. The van der Waals surface area contributed by atoms with Gasteiger partial charge in [-0.2, -0.15) is 0 Å². The summed E-state index contributed by atoms with van der Waals surface area (Å²) in [5.41, 5.74) is 5.70. The van der Waals surface area contributed by atoms with E-state index in [1.807, 2.05) is 31.4 Å². The number of thiophene rings is 1. The highest BCUT2D eigenvalue weighted by Crippen LogP contribution is 2.18. The Morgan fingerprint density at radius 2 is 2.31 bits per heavy atom. The van der Waals surface area contributed by atoms with Crippen LogP contribution in [0, 0.1) is 0 Å². The average molecular weight is 240 g/mol. The van der Waals surface area contributed by atoms with E-state index in [2.05, 4.69) is 12.2 Å². The molecule has 90 valence electrons. The average Bonchev–Trinajstić information content (AvgIpc) is 2.68. The number of nitrogens with one attached hydrogen (secondary N) is 1. The van der Waals surface area contributed by atoms with Crippen molar-refractivity contribution in [2.24, 2.45) is 5.73 Å². The van der Waals surface area contributed by atoms with Crippen molar-refractivity contribution < 1.29 is 4.79 Å². The lowest BCUT2D eigenvalue weighted by molar-refractivity contribution is -0.124. The smallest absolute Gasteiger partial charge is 0.242 e. The highest BCUT2D eigenvalue weighted by molar-refractivity contribution is 7.10. The molecule has 1 unspecified atom stereocenters. The lowest BCUT2D eigenvalue weighted by Gasteiger charge is -2.27. The van der Waals surface area contributed by atoms with Crippen molar-refractivity contribution in [1.82, 2.24) is 5.32 Å². The predicted molar refractivity (Wildman–Crippen MR) is 68.4 cm³/mol. The maximum Gasteiger partial charge on any atom is 0.242 e. The number of amides is 1. The highest BCUT2D eigenvalue weighted by Gasteiger charge is 2.24. The topological polar surface area (TPSA) is 55.1 Å². The van der Waals surface area contributed by atoms with E-state index in [-0.39, 0.29) is 11.4 Å². The fourth-order valence-electron chi connectivity index (χ4n) is 1.70. The summed E-state index contributed by atoms with van der Waals surface area (Å²) < 4.78 is 0. The van der Waals surface area contributed by atoms with Crippen LogP contribution in [0.25, 0.3) is 0 Å². The molecule has 4 heteroatoms. The molecule has 1 amide bonds. The van der Waals surface area contributed by atoms with E-state index < -0.39 is 6.04 Å². The molecule has 0 aliphatic heterocycles. The molecule has 0 saturated carbocycles. The second-order valence-corrected chi connectivity index (χ2v) is 5.60. The third-order valence-electron chi connectivity index (χ3n) is 2.47. The summed E-state index contributed by atoms with van der Waals surface area (Å²) in [5.74, 6) is -0.0964. The third kappa shape index (κ3) is 3.61. The Morgan fingerprint density at radius 1 is 1.62 bits per heavy atom. The maximum atomic E-state index is 11.9. The second kappa shape index (κ2) is 5.46. The van der Waals surface area contributed by atoms with Crippen LogP contribution in [0.2, 0.25) is 0 Å². The van der Waals surface area contributed by atoms with E-state index in [4.69, 9.17) is 5.73 Å². The standard InChI is InChI=1S/C12H20N2OS/c1-4-7-12(2,3)14-11(15)10(13)9-6-5-8-16-9/h5-6,8,10H,4,7,13H2,1-3H3,(H,14,15). The van der Waals surface area contributed by atoms with Crippen molar-refractivity contribution in [1.29, 1.82) is 0 Å². The van der Waals surface area contributed by atoms with Gasteiger partial charge in [-0.05, 0) is 31.7 Å². The van der Waals surface area contributed by atoms with Crippen molar-refractivity contribution in [3.63, 3.8) is 0 Å². The molecule has 1 rings (SSSR count). The van der Waals surface area contributed by atoms with Gasteiger partial charge in [-0.25, -0.2) is 0 Å². The normalized spacial score (nSPS) is 13.5. The van der Waals surface area contributed by atoms with Crippen molar-refractivity contribution in [3.8, 4) is 0 Å². The minimum Gasteiger partial charge on any atom is -0.350 e. The molecule has 0 bridgehead atoms.